The Labute approximate surface area is 170 Å². The van der Waals surface area contributed by atoms with Gasteiger partial charge in [-0.1, -0.05) is 29.8 Å². The number of aromatic hydroxyl groups is 1. The van der Waals surface area contributed by atoms with Crippen LogP contribution in [0.3, 0.4) is 0 Å². The van der Waals surface area contributed by atoms with Crippen LogP contribution < -0.4 is 5.43 Å². The van der Waals surface area contributed by atoms with Crippen LogP contribution in [0.1, 0.15) is 40.4 Å². The lowest BCUT2D eigenvalue weighted by Crippen LogP contribution is -2.18. The van der Waals surface area contributed by atoms with Gasteiger partial charge < -0.3 is 5.11 Å². The number of hydrogen-bond donors (Lipinski definition) is 2. The number of para-hydroxylation sites is 1. The van der Waals surface area contributed by atoms with Gasteiger partial charge in [-0.25, -0.2) is 5.43 Å². The van der Waals surface area contributed by atoms with E-state index >= 15 is 0 Å². The lowest BCUT2D eigenvalue weighted by Gasteiger charge is -2.08. The van der Waals surface area contributed by atoms with Gasteiger partial charge in [0.1, 0.15) is 0 Å². The van der Waals surface area contributed by atoms with Gasteiger partial charge in [-0.15, -0.1) is 0 Å². The maximum atomic E-state index is 12.7. The Morgan fingerprint density at radius 2 is 2.07 bits per heavy atom. The number of halogens is 1. The minimum Gasteiger partial charge on any atom is -0.502 e. The molecule has 4 rings (SSSR count). The van der Waals surface area contributed by atoms with Crippen molar-refractivity contribution in [1.29, 1.82) is 0 Å². The first kappa shape index (κ1) is 18.8. The molecule has 0 unspecified atom stereocenters. The van der Waals surface area contributed by atoms with Crippen molar-refractivity contribution in [2.45, 2.75) is 18.8 Å². The third-order valence-corrected chi connectivity index (χ3v) is 4.84. The second kappa shape index (κ2) is 7.48. The largest absolute Gasteiger partial charge is 0.502 e. The van der Waals surface area contributed by atoms with E-state index in [4.69, 9.17) is 11.6 Å². The third-order valence-electron chi connectivity index (χ3n) is 4.63. The van der Waals surface area contributed by atoms with Gasteiger partial charge in [-0.2, -0.15) is 5.10 Å². The molecule has 1 amide bonds. The highest BCUT2D eigenvalue weighted by Gasteiger charge is 2.27. The zero-order valence-corrected chi connectivity index (χ0v) is 15.8. The van der Waals surface area contributed by atoms with Crippen LogP contribution in [0.2, 0.25) is 5.02 Å². The molecule has 9 heteroatoms. The average Bonchev–Trinajstić information content (AvgIpc) is 3.54. The number of hydrazone groups is 1. The SMILES string of the molecule is O=C(N/N=C\c1cc(Cl)cc([N+](=O)[O-])c1O)c1cc(C2CC2)nc2ccccc12. The van der Waals surface area contributed by atoms with Crippen LogP contribution in [-0.2, 0) is 0 Å². The van der Waals surface area contributed by atoms with Crippen LogP contribution in [0, 0.1) is 10.1 Å². The lowest BCUT2D eigenvalue weighted by atomic mass is 10.1. The molecular weight excluding hydrogens is 396 g/mol. The number of aromatic nitrogens is 1. The molecule has 2 N–H and O–H groups in total. The van der Waals surface area contributed by atoms with E-state index in [-0.39, 0.29) is 10.6 Å². The van der Waals surface area contributed by atoms with Crippen molar-refractivity contribution in [3.05, 3.63) is 74.4 Å². The number of pyridine rings is 1. The molecule has 0 atom stereocenters. The molecule has 2 aromatic carbocycles. The summed E-state index contributed by atoms with van der Waals surface area (Å²) in [6, 6.07) is 11.5. The summed E-state index contributed by atoms with van der Waals surface area (Å²) in [5, 5.41) is 25.6. The van der Waals surface area contributed by atoms with Crippen molar-refractivity contribution in [2.75, 3.05) is 0 Å². The maximum absolute atomic E-state index is 12.7. The number of nitrogens with zero attached hydrogens (tertiary/aromatic N) is 3. The minimum atomic E-state index is -0.750. The number of carbonyl (C=O) groups excluding carboxylic acids is 1. The van der Waals surface area contributed by atoms with Gasteiger partial charge in [0.25, 0.3) is 5.91 Å². The molecule has 0 aliphatic heterocycles. The molecule has 1 aliphatic carbocycles. The number of rotatable bonds is 5. The molecule has 1 saturated carbocycles. The number of fused-ring (bicyclic) bond motifs is 1. The Morgan fingerprint density at radius 1 is 1.31 bits per heavy atom. The molecule has 3 aromatic rings. The van der Waals surface area contributed by atoms with Crippen molar-refractivity contribution in [3.8, 4) is 5.75 Å². The van der Waals surface area contributed by atoms with Crippen molar-refractivity contribution >= 4 is 40.3 Å². The average molecular weight is 411 g/mol. The summed E-state index contributed by atoms with van der Waals surface area (Å²) in [4.78, 5) is 27.6. The normalized spacial score (nSPS) is 13.7. The van der Waals surface area contributed by atoms with Crippen molar-refractivity contribution < 1.29 is 14.8 Å². The second-order valence-corrected chi connectivity index (χ2v) is 7.14. The van der Waals surface area contributed by atoms with Crippen molar-refractivity contribution in [1.82, 2.24) is 10.4 Å². The standard InChI is InChI=1S/C20H15ClN4O4/c21-13-7-12(19(26)18(8-13)25(28)29)10-22-24-20(27)15-9-17(11-5-6-11)23-16-4-2-1-3-14(15)16/h1-4,7-11,26H,5-6H2,(H,24,27)/b22-10-. The number of phenols is 1. The molecule has 0 saturated heterocycles. The Morgan fingerprint density at radius 3 is 2.79 bits per heavy atom. The van der Waals surface area contributed by atoms with E-state index < -0.39 is 22.3 Å². The Kier molecular flexibility index (Phi) is 4.85. The Balaban J connectivity index is 1.62. The number of nitro benzene ring substituents is 1. The molecule has 0 spiro atoms. The topological polar surface area (TPSA) is 118 Å². The van der Waals surface area contributed by atoms with Crippen LogP contribution in [0.15, 0.2) is 47.6 Å². The van der Waals surface area contributed by atoms with E-state index in [0.29, 0.717) is 16.9 Å². The molecule has 0 bridgehead atoms. The number of nitro groups is 1. The van der Waals surface area contributed by atoms with Gasteiger partial charge in [-0.3, -0.25) is 19.9 Å². The predicted octanol–water partition coefficient (Wildman–Crippen LogP) is 4.14. The van der Waals surface area contributed by atoms with Gasteiger partial charge in [-0.05, 0) is 31.0 Å². The summed E-state index contributed by atoms with van der Waals surface area (Å²) in [5.74, 6) is -0.654. The van der Waals surface area contributed by atoms with Crippen molar-refractivity contribution in [3.63, 3.8) is 0 Å². The fraction of sp³-hybridized carbons (Fsp3) is 0.150. The molecule has 1 aliphatic rings. The first-order chi connectivity index (χ1) is 13.9. The molecule has 29 heavy (non-hydrogen) atoms. The molecule has 146 valence electrons. The first-order valence-electron chi connectivity index (χ1n) is 8.84. The number of benzene rings is 2. The van der Waals surface area contributed by atoms with Crippen molar-refractivity contribution in [2.24, 2.45) is 5.10 Å². The van der Waals surface area contributed by atoms with E-state index in [2.05, 4.69) is 15.5 Å². The van der Waals surface area contributed by atoms with Crippen LogP contribution in [0.4, 0.5) is 5.69 Å². The summed E-state index contributed by atoms with van der Waals surface area (Å²) >= 11 is 5.85. The summed E-state index contributed by atoms with van der Waals surface area (Å²) in [6.07, 6.45) is 3.21. The summed E-state index contributed by atoms with van der Waals surface area (Å²) in [6.45, 7) is 0. The number of phenolic OH excluding ortho intramolecular Hbond substituents is 1. The number of nitrogens with one attached hydrogen (secondary N) is 1. The van der Waals surface area contributed by atoms with E-state index in [1.807, 2.05) is 24.3 Å². The summed E-state index contributed by atoms with van der Waals surface area (Å²) < 4.78 is 0. The Hall–Kier alpha value is -3.52. The first-order valence-corrected chi connectivity index (χ1v) is 9.22. The number of carbonyl (C=O) groups is 1. The smallest absolute Gasteiger partial charge is 0.312 e. The fourth-order valence-electron chi connectivity index (χ4n) is 3.04. The van der Waals surface area contributed by atoms with Crippen LogP contribution in [0.25, 0.3) is 10.9 Å². The molecule has 1 heterocycles. The summed E-state index contributed by atoms with van der Waals surface area (Å²) in [5.41, 5.74) is 3.92. The highest BCUT2D eigenvalue weighted by atomic mass is 35.5. The second-order valence-electron chi connectivity index (χ2n) is 6.71. The zero-order chi connectivity index (χ0) is 20.5. The Bertz CT molecular complexity index is 1170. The molecule has 1 aromatic heterocycles. The van der Waals surface area contributed by atoms with Crippen LogP contribution in [0.5, 0.6) is 5.75 Å². The number of hydrogen-bond acceptors (Lipinski definition) is 6. The molecule has 8 nitrogen and oxygen atoms in total. The zero-order valence-electron chi connectivity index (χ0n) is 15.0. The van der Waals surface area contributed by atoms with E-state index in [0.717, 1.165) is 36.3 Å². The highest BCUT2D eigenvalue weighted by molar-refractivity contribution is 6.31. The van der Waals surface area contributed by atoms with Crippen LogP contribution in [-0.4, -0.2) is 27.1 Å². The fourth-order valence-corrected chi connectivity index (χ4v) is 3.26. The molecule has 1 fully saturated rings. The van der Waals surface area contributed by atoms with Gasteiger partial charge in [0.05, 0.1) is 22.2 Å². The summed E-state index contributed by atoms with van der Waals surface area (Å²) in [7, 11) is 0. The predicted molar refractivity (Wildman–Crippen MR) is 109 cm³/mol. The number of amides is 1. The quantitative estimate of drug-likeness (QED) is 0.372. The van der Waals surface area contributed by atoms with Gasteiger partial charge in [0.15, 0.2) is 0 Å². The molecule has 0 radical (unpaired) electrons. The van der Waals surface area contributed by atoms with E-state index in [1.54, 1.807) is 6.07 Å². The third kappa shape index (κ3) is 3.88. The monoisotopic (exact) mass is 410 g/mol. The van der Waals surface area contributed by atoms with Crippen LogP contribution >= 0.6 is 11.6 Å². The maximum Gasteiger partial charge on any atom is 0.312 e. The van der Waals surface area contributed by atoms with Gasteiger partial charge in [0.2, 0.25) is 5.75 Å². The highest BCUT2D eigenvalue weighted by Crippen LogP contribution is 2.40. The van der Waals surface area contributed by atoms with E-state index in [9.17, 15) is 20.0 Å². The van der Waals surface area contributed by atoms with Gasteiger partial charge in [0, 0.05) is 33.7 Å². The molecular formula is C20H15ClN4O4. The van der Waals surface area contributed by atoms with Gasteiger partial charge >= 0.3 is 5.69 Å². The lowest BCUT2D eigenvalue weighted by molar-refractivity contribution is -0.385. The minimum absolute atomic E-state index is 0.0164. The van der Waals surface area contributed by atoms with E-state index in [1.165, 1.54) is 6.07 Å².